The summed E-state index contributed by atoms with van der Waals surface area (Å²) in [5.74, 6) is -0.559. The number of rotatable bonds is 2. The molecule has 2 aromatic rings. The van der Waals surface area contributed by atoms with Crippen LogP contribution in [-0.4, -0.2) is 20.5 Å². The van der Waals surface area contributed by atoms with E-state index in [0.29, 0.717) is 18.5 Å². The van der Waals surface area contributed by atoms with Crippen molar-refractivity contribution in [1.29, 1.82) is 0 Å². The highest BCUT2D eigenvalue weighted by Crippen LogP contribution is 2.45. The minimum Gasteiger partial charge on any atom is -0.268 e. The standard InChI is InChI=1S/C22H18N2O2S4/c1-11-5-7-15(13(3)9-11)23-19(25)17(29-21(23)27)18-20(26)24(22(28)30-18)16-8-6-12(2)10-14(16)4/h5-10H,1-4H3/b18-17+. The van der Waals surface area contributed by atoms with Crippen molar-refractivity contribution in [1.82, 2.24) is 0 Å². The van der Waals surface area contributed by atoms with Crippen LogP contribution < -0.4 is 9.80 Å². The lowest BCUT2D eigenvalue weighted by atomic mass is 10.1. The van der Waals surface area contributed by atoms with Crippen LogP contribution >= 0.6 is 48.0 Å². The molecule has 152 valence electrons. The molecule has 30 heavy (non-hydrogen) atoms. The Bertz CT molecular complexity index is 1090. The summed E-state index contributed by atoms with van der Waals surface area (Å²) in [7, 11) is 0. The van der Waals surface area contributed by atoms with Crippen molar-refractivity contribution in [3.63, 3.8) is 0 Å². The molecule has 0 saturated carbocycles. The maximum atomic E-state index is 13.3. The van der Waals surface area contributed by atoms with Crippen LogP contribution in [0.5, 0.6) is 0 Å². The minimum absolute atomic E-state index is 0.280. The van der Waals surface area contributed by atoms with Crippen LogP contribution in [0.25, 0.3) is 0 Å². The predicted molar refractivity (Wildman–Crippen MR) is 134 cm³/mol. The molecule has 2 fully saturated rings. The van der Waals surface area contributed by atoms with Crippen LogP contribution in [0, 0.1) is 27.7 Å². The van der Waals surface area contributed by atoms with Crippen molar-refractivity contribution in [2.24, 2.45) is 0 Å². The van der Waals surface area contributed by atoms with Crippen molar-refractivity contribution in [3.05, 3.63) is 68.5 Å². The molecule has 0 atom stereocenters. The van der Waals surface area contributed by atoms with E-state index < -0.39 is 0 Å². The van der Waals surface area contributed by atoms with Crippen LogP contribution in [0.4, 0.5) is 11.4 Å². The predicted octanol–water partition coefficient (Wildman–Crippen LogP) is 5.56. The summed E-state index contributed by atoms with van der Waals surface area (Å²) in [5.41, 5.74) is 5.60. The van der Waals surface area contributed by atoms with Gasteiger partial charge in [-0.25, -0.2) is 0 Å². The molecular formula is C22H18N2O2S4. The first-order valence-corrected chi connectivity index (χ1v) is 11.7. The second kappa shape index (κ2) is 7.92. The first kappa shape index (κ1) is 21.2. The number of thiocarbonyl (C=S) groups is 2. The van der Waals surface area contributed by atoms with E-state index in [1.54, 1.807) is 0 Å². The van der Waals surface area contributed by atoms with Gasteiger partial charge in [-0.05, 0) is 51.0 Å². The fourth-order valence-electron chi connectivity index (χ4n) is 3.54. The van der Waals surface area contributed by atoms with E-state index in [9.17, 15) is 9.59 Å². The molecule has 2 amide bonds. The SMILES string of the molecule is Cc1ccc(N2C(=O)/C(=C3\SC(=S)N(c4ccc(C)cc4C)C3=O)SC2=S)c(C)c1. The van der Waals surface area contributed by atoms with Gasteiger partial charge in [0, 0.05) is 0 Å². The molecular weight excluding hydrogens is 453 g/mol. The van der Waals surface area contributed by atoms with Gasteiger partial charge in [0.2, 0.25) is 0 Å². The first-order valence-electron chi connectivity index (χ1n) is 9.20. The van der Waals surface area contributed by atoms with Gasteiger partial charge in [-0.15, -0.1) is 0 Å². The average molecular weight is 471 g/mol. The third-order valence-electron chi connectivity index (χ3n) is 4.93. The molecule has 0 aliphatic carbocycles. The molecule has 0 radical (unpaired) electrons. The van der Waals surface area contributed by atoms with Gasteiger partial charge in [0.1, 0.15) is 0 Å². The van der Waals surface area contributed by atoms with E-state index in [2.05, 4.69) is 0 Å². The van der Waals surface area contributed by atoms with Gasteiger partial charge in [0.25, 0.3) is 11.8 Å². The molecule has 2 heterocycles. The van der Waals surface area contributed by atoms with Crippen molar-refractivity contribution in [3.8, 4) is 0 Å². The van der Waals surface area contributed by atoms with Gasteiger partial charge in [-0.2, -0.15) is 0 Å². The molecule has 0 aromatic heterocycles. The van der Waals surface area contributed by atoms with Crippen LogP contribution in [0.1, 0.15) is 22.3 Å². The Balaban J connectivity index is 1.73. The van der Waals surface area contributed by atoms with E-state index in [4.69, 9.17) is 24.4 Å². The van der Waals surface area contributed by atoms with E-state index in [1.807, 2.05) is 64.1 Å². The van der Waals surface area contributed by atoms with Crippen molar-refractivity contribution >= 4 is 79.8 Å². The molecule has 2 aliphatic heterocycles. The summed E-state index contributed by atoms with van der Waals surface area (Å²) < 4.78 is 0.831. The molecule has 2 aliphatic rings. The number of amides is 2. The van der Waals surface area contributed by atoms with Gasteiger partial charge < -0.3 is 0 Å². The smallest absolute Gasteiger partial charge is 0.268 e. The van der Waals surface area contributed by atoms with Crippen molar-refractivity contribution in [2.45, 2.75) is 27.7 Å². The summed E-state index contributed by atoms with van der Waals surface area (Å²) in [6.07, 6.45) is 0. The Labute approximate surface area is 194 Å². The highest BCUT2D eigenvalue weighted by Gasteiger charge is 2.43. The fraction of sp³-hybridized carbons (Fsp3) is 0.182. The Morgan fingerprint density at radius 2 is 1.03 bits per heavy atom. The largest absolute Gasteiger partial charge is 0.272 e. The van der Waals surface area contributed by atoms with E-state index in [0.717, 1.165) is 57.2 Å². The zero-order valence-corrected chi connectivity index (χ0v) is 20.1. The fourth-order valence-corrected chi connectivity index (χ4v) is 6.26. The average Bonchev–Trinajstić information content (AvgIpc) is 3.11. The van der Waals surface area contributed by atoms with Gasteiger partial charge in [0.05, 0.1) is 21.2 Å². The topological polar surface area (TPSA) is 40.6 Å². The minimum atomic E-state index is -0.280. The quantitative estimate of drug-likeness (QED) is 0.423. The zero-order chi connectivity index (χ0) is 21.7. The molecule has 4 nitrogen and oxygen atoms in total. The molecule has 2 saturated heterocycles. The lowest BCUT2D eigenvalue weighted by Crippen LogP contribution is -2.30. The maximum Gasteiger partial charge on any atom is 0.272 e. The Kier molecular flexibility index (Phi) is 5.61. The third-order valence-corrected chi connectivity index (χ3v) is 7.81. The van der Waals surface area contributed by atoms with Crippen LogP contribution in [0.3, 0.4) is 0 Å². The maximum absolute atomic E-state index is 13.3. The summed E-state index contributed by atoms with van der Waals surface area (Å²) in [6, 6.07) is 11.7. The van der Waals surface area contributed by atoms with Crippen LogP contribution in [0.2, 0.25) is 0 Å². The number of hydrogen-bond acceptors (Lipinski definition) is 6. The first-order chi connectivity index (χ1) is 14.2. The molecule has 0 bridgehead atoms. The Morgan fingerprint density at radius 1 is 0.667 bits per heavy atom. The van der Waals surface area contributed by atoms with E-state index in [-0.39, 0.29) is 11.8 Å². The van der Waals surface area contributed by atoms with E-state index >= 15 is 0 Å². The van der Waals surface area contributed by atoms with Gasteiger partial charge in [0.15, 0.2) is 8.64 Å². The molecule has 4 rings (SSSR count). The van der Waals surface area contributed by atoms with Gasteiger partial charge in [-0.1, -0.05) is 83.4 Å². The van der Waals surface area contributed by atoms with Crippen LogP contribution in [0.15, 0.2) is 46.2 Å². The van der Waals surface area contributed by atoms with Gasteiger partial charge in [-0.3, -0.25) is 19.4 Å². The number of hydrogen-bond donors (Lipinski definition) is 0. The lowest BCUT2D eigenvalue weighted by Gasteiger charge is -2.18. The monoisotopic (exact) mass is 470 g/mol. The number of aryl methyl sites for hydroxylation is 4. The summed E-state index contributed by atoms with van der Waals surface area (Å²) in [6.45, 7) is 7.89. The summed E-state index contributed by atoms with van der Waals surface area (Å²) in [4.78, 5) is 30.3. The van der Waals surface area contributed by atoms with Crippen molar-refractivity contribution in [2.75, 3.05) is 9.80 Å². The second-order valence-corrected chi connectivity index (χ2v) is 10.5. The van der Waals surface area contributed by atoms with E-state index in [1.165, 1.54) is 9.80 Å². The summed E-state index contributed by atoms with van der Waals surface area (Å²) in [5, 5.41) is 0. The number of carbonyl (C=O) groups excluding carboxylic acids is 2. The third kappa shape index (κ3) is 3.51. The number of benzene rings is 2. The number of nitrogens with zero attached hydrogens (tertiary/aromatic N) is 2. The Morgan fingerprint density at radius 3 is 1.37 bits per heavy atom. The molecule has 0 spiro atoms. The molecule has 0 N–H and O–H groups in total. The molecule has 8 heteroatoms. The normalized spacial score (nSPS) is 19.5. The molecule has 0 unspecified atom stereocenters. The van der Waals surface area contributed by atoms with Crippen molar-refractivity contribution < 1.29 is 9.59 Å². The van der Waals surface area contributed by atoms with Gasteiger partial charge >= 0.3 is 0 Å². The lowest BCUT2D eigenvalue weighted by molar-refractivity contribution is -0.115. The second-order valence-electron chi connectivity index (χ2n) is 7.26. The zero-order valence-electron chi connectivity index (χ0n) is 16.8. The number of thioether (sulfide) groups is 2. The number of carbonyl (C=O) groups is 2. The molecule has 2 aromatic carbocycles. The van der Waals surface area contributed by atoms with Crippen LogP contribution in [-0.2, 0) is 9.59 Å². The summed E-state index contributed by atoms with van der Waals surface area (Å²) >= 11 is 13.3. The Hall–Kier alpha value is -2.00. The highest BCUT2D eigenvalue weighted by atomic mass is 32.2. The number of anilines is 2. The highest BCUT2D eigenvalue weighted by molar-refractivity contribution is 8.30.